The van der Waals surface area contributed by atoms with Crippen molar-refractivity contribution >= 4 is 22.8 Å². The summed E-state index contributed by atoms with van der Waals surface area (Å²) in [5.74, 6) is -0.931. The number of fused-ring (bicyclic) bond motifs is 1. The largest absolute Gasteiger partial charge is 0.461 e. The Kier molecular flexibility index (Phi) is 6.16. The van der Waals surface area contributed by atoms with Crippen molar-refractivity contribution in [1.29, 1.82) is 0 Å². The van der Waals surface area contributed by atoms with E-state index in [4.69, 9.17) is 9.15 Å². The molecule has 1 aliphatic rings. The Labute approximate surface area is 180 Å². The molecule has 160 valence electrons. The third-order valence-corrected chi connectivity index (χ3v) is 5.73. The molecule has 1 atom stereocenters. The summed E-state index contributed by atoms with van der Waals surface area (Å²) < 4.78 is 10.8. The van der Waals surface area contributed by atoms with Gasteiger partial charge in [0.2, 0.25) is 5.91 Å². The summed E-state index contributed by atoms with van der Waals surface area (Å²) in [4.78, 5) is 38.6. The van der Waals surface area contributed by atoms with Crippen LogP contribution in [0.4, 0.5) is 0 Å². The van der Waals surface area contributed by atoms with Gasteiger partial charge in [-0.05, 0) is 30.0 Å². The van der Waals surface area contributed by atoms with Crippen molar-refractivity contribution in [3.05, 3.63) is 81.7 Å². The molecule has 3 aromatic rings. The van der Waals surface area contributed by atoms with E-state index >= 15 is 0 Å². The number of amides is 1. The summed E-state index contributed by atoms with van der Waals surface area (Å²) >= 11 is 0. The molecule has 0 N–H and O–H groups in total. The first-order valence-electron chi connectivity index (χ1n) is 10.6. The van der Waals surface area contributed by atoms with Gasteiger partial charge in [0.05, 0.1) is 5.92 Å². The van der Waals surface area contributed by atoms with Gasteiger partial charge < -0.3 is 14.1 Å². The molecule has 1 saturated heterocycles. The maximum absolute atomic E-state index is 12.6. The lowest BCUT2D eigenvalue weighted by molar-refractivity contribution is -0.149. The van der Waals surface area contributed by atoms with Gasteiger partial charge in [-0.3, -0.25) is 9.59 Å². The van der Waals surface area contributed by atoms with Crippen molar-refractivity contribution in [3.63, 3.8) is 0 Å². The molecular weight excluding hydrogens is 394 g/mol. The Bertz CT molecular complexity index is 1150. The van der Waals surface area contributed by atoms with E-state index in [-0.39, 0.29) is 18.9 Å². The van der Waals surface area contributed by atoms with Gasteiger partial charge in [0, 0.05) is 36.5 Å². The van der Waals surface area contributed by atoms with E-state index in [1.54, 1.807) is 4.90 Å². The summed E-state index contributed by atoms with van der Waals surface area (Å²) in [5.41, 5.74) is 2.83. The molecule has 1 fully saturated rings. The number of esters is 1. The van der Waals surface area contributed by atoms with E-state index in [1.807, 2.05) is 55.5 Å². The number of hydrogen-bond donors (Lipinski definition) is 0. The molecular formula is C25H25NO5. The zero-order chi connectivity index (χ0) is 21.8. The first-order chi connectivity index (χ1) is 15.0. The van der Waals surface area contributed by atoms with E-state index in [9.17, 15) is 14.4 Å². The number of likely N-dealkylation sites (tertiary alicyclic amines) is 1. The fourth-order valence-corrected chi connectivity index (χ4v) is 3.94. The van der Waals surface area contributed by atoms with Crippen molar-refractivity contribution in [2.45, 2.75) is 32.8 Å². The van der Waals surface area contributed by atoms with Crippen molar-refractivity contribution < 1.29 is 18.7 Å². The maximum Gasteiger partial charge on any atom is 0.336 e. The van der Waals surface area contributed by atoms with E-state index < -0.39 is 17.5 Å². The fourth-order valence-electron chi connectivity index (χ4n) is 3.94. The molecule has 0 radical (unpaired) electrons. The van der Waals surface area contributed by atoms with Crippen molar-refractivity contribution in [3.8, 4) is 0 Å². The number of carbonyl (C=O) groups is 2. The monoisotopic (exact) mass is 419 g/mol. The average Bonchev–Trinajstić information content (AvgIpc) is 3.16. The fraction of sp³-hybridized carbons (Fsp3) is 0.320. The Hall–Kier alpha value is -3.41. The van der Waals surface area contributed by atoms with Gasteiger partial charge in [0.1, 0.15) is 12.2 Å². The van der Waals surface area contributed by atoms with Crippen LogP contribution in [0.25, 0.3) is 11.0 Å². The Balaban J connectivity index is 1.38. The van der Waals surface area contributed by atoms with Crippen LogP contribution in [0.5, 0.6) is 0 Å². The zero-order valence-electron chi connectivity index (χ0n) is 17.5. The Morgan fingerprint density at radius 3 is 2.68 bits per heavy atom. The molecule has 0 spiro atoms. The molecule has 2 heterocycles. The van der Waals surface area contributed by atoms with Gasteiger partial charge in [0.25, 0.3) is 0 Å². The SMILES string of the molecule is CCc1ccc2c(COC(=O)[C@H]3CC(=O)N(CCc4ccccc4)C3)cc(=O)oc2c1. The number of ether oxygens (including phenoxy) is 1. The molecule has 0 saturated carbocycles. The van der Waals surface area contributed by atoms with Crippen LogP contribution in [0.2, 0.25) is 0 Å². The zero-order valence-corrected chi connectivity index (χ0v) is 17.5. The van der Waals surface area contributed by atoms with Crippen molar-refractivity contribution in [2.24, 2.45) is 5.92 Å². The molecule has 1 aliphatic heterocycles. The summed E-state index contributed by atoms with van der Waals surface area (Å²) in [5, 5.41) is 0.747. The third kappa shape index (κ3) is 4.85. The lowest BCUT2D eigenvalue weighted by Crippen LogP contribution is -2.28. The third-order valence-electron chi connectivity index (χ3n) is 5.73. The minimum atomic E-state index is -0.485. The smallest absolute Gasteiger partial charge is 0.336 e. The Morgan fingerprint density at radius 2 is 1.90 bits per heavy atom. The van der Waals surface area contributed by atoms with Crippen LogP contribution in [0, 0.1) is 5.92 Å². The molecule has 31 heavy (non-hydrogen) atoms. The molecule has 0 aliphatic carbocycles. The maximum atomic E-state index is 12.6. The summed E-state index contributed by atoms with van der Waals surface area (Å²) in [6.07, 6.45) is 1.74. The second-order valence-corrected chi connectivity index (χ2v) is 7.86. The van der Waals surface area contributed by atoms with Gasteiger partial charge in [-0.25, -0.2) is 4.79 Å². The minimum absolute atomic E-state index is 0.0267. The highest BCUT2D eigenvalue weighted by Gasteiger charge is 2.35. The topological polar surface area (TPSA) is 76.8 Å². The molecule has 6 heteroatoms. The molecule has 1 amide bonds. The quantitative estimate of drug-likeness (QED) is 0.433. The van der Waals surface area contributed by atoms with E-state index in [0.29, 0.717) is 24.2 Å². The normalized spacial score (nSPS) is 16.1. The first-order valence-corrected chi connectivity index (χ1v) is 10.6. The van der Waals surface area contributed by atoms with Crippen LogP contribution in [0.3, 0.4) is 0 Å². The molecule has 6 nitrogen and oxygen atoms in total. The van der Waals surface area contributed by atoms with E-state index in [0.717, 1.165) is 29.4 Å². The van der Waals surface area contributed by atoms with Gasteiger partial charge in [-0.15, -0.1) is 0 Å². The second kappa shape index (κ2) is 9.16. The van der Waals surface area contributed by atoms with Gasteiger partial charge >= 0.3 is 11.6 Å². The van der Waals surface area contributed by atoms with Gasteiger partial charge in [-0.2, -0.15) is 0 Å². The molecule has 0 bridgehead atoms. The van der Waals surface area contributed by atoms with Crippen LogP contribution in [0.1, 0.15) is 30.0 Å². The molecule has 0 unspecified atom stereocenters. The standard InChI is InChI=1S/C25H25NO5/c1-2-17-8-9-21-20(14-24(28)31-22(21)12-17)16-30-25(29)19-13-23(27)26(15-19)11-10-18-6-4-3-5-7-18/h3-9,12,14,19H,2,10-11,13,15-16H2,1H3/t19-/m0/s1. The summed E-state index contributed by atoms with van der Waals surface area (Å²) in [7, 11) is 0. The number of hydrogen-bond acceptors (Lipinski definition) is 5. The average molecular weight is 419 g/mol. The number of nitrogens with zero attached hydrogens (tertiary/aromatic N) is 1. The van der Waals surface area contributed by atoms with E-state index in [1.165, 1.54) is 6.07 Å². The van der Waals surface area contributed by atoms with E-state index in [2.05, 4.69) is 0 Å². The number of aryl methyl sites for hydroxylation is 1. The number of benzene rings is 2. The summed E-state index contributed by atoms with van der Waals surface area (Å²) in [6.45, 7) is 2.94. The molecule has 4 rings (SSSR count). The van der Waals surface area contributed by atoms with Crippen molar-refractivity contribution in [2.75, 3.05) is 13.1 Å². The van der Waals surface area contributed by atoms with Crippen molar-refractivity contribution in [1.82, 2.24) is 4.90 Å². The number of carbonyl (C=O) groups excluding carboxylic acids is 2. The van der Waals surface area contributed by atoms with Crippen LogP contribution in [-0.4, -0.2) is 29.9 Å². The van der Waals surface area contributed by atoms with Crippen LogP contribution in [0.15, 0.2) is 63.8 Å². The summed E-state index contributed by atoms with van der Waals surface area (Å²) in [6, 6.07) is 17.0. The lowest BCUT2D eigenvalue weighted by Gasteiger charge is -2.16. The lowest BCUT2D eigenvalue weighted by atomic mass is 10.1. The Morgan fingerprint density at radius 1 is 1.10 bits per heavy atom. The highest BCUT2D eigenvalue weighted by Crippen LogP contribution is 2.23. The van der Waals surface area contributed by atoms with Crippen LogP contribution in [-0.2, 0) is 33.8 Å². The van der Waals surface area contributed by atoms with Crippen LogP contribution >= 0.6 is 0 Å². The van der Waals surface area contributed by atoms with Gasteiger partial charge in [0.15, 0.2) is 0 Å². The number of rotatable bonds is 7. The first kappa shape index (κ1) is 20.8. The minimum Gasteiger partial charge on any atom is -0.461 e. The molecule has 2 aromatic carbocycles. The van der Waals surface area contributed by atoms with Crippen LogP contribution < -0.4 is 5.63 Å². The highest BCUT2D eigenvalue weighted by molar-refractivity contribution is 5.87. The molecule has 1 aromatic heterocycles. The second-order valence-electron chi connectivity index (χ2n) is 7.86. The van der Waals surface area contributed by atoms with Gasteiger partial charge in [-0.1, -0.05) is 49.4 Å². The predicted octanol–water partition coefficient (Wildman–Crippen LogP) is 3.49. The highest BCUT2D eigenvalue weighted by atomic mass is 16.5. The predicted molar refractivity (Wildman–Crippen MR) is 116 cm³/mol.